The van der Waals surface area contributed by atoms with Gasteiger partial charge in [0.15, 0.2) is 0 Å². The molecule has 2 aromatic heterocycles. The summed E-state index contributed by atoms with van der Waals surface area (Å²) < 4.78 is 5.00. The lowest BCUT2D eigenvalue weighted by molar-refractivity contribution is 0.368. The molecule has 4 nitrogen and oxygen atoms in total. The lowest BCUT2D eigenvalue weighted by Gasteiger charge is -2.16. The second-order valence-electron chi connectivity index (χ2n) is 4.65. The van der Waals surface area contributed by atoms with Gasteiger partial charge in [0.05, 0.1) is 32.7 Å². The van der Waals surface area contributed by atoms with E-state index < -0.39 is 0 Å². The third-order valence-corrected chi connectivity index (χ3v) is 6.81. The molecule has 8 heteroatoms. The summed E-state index contributed by atoms with van der Waals surface area (Å²) in [6, 6.07) is 1.86. The first-order chi connectivity index (χ1) is 9.40. The molecule has 0 aromatic carbocycles. The highest BCUT2D eigenvalue weighted by molar-refractivity contribution is 9.13. The van der Waals surface area contributed by atoms with Crippen molar-refractivity contribution in [1.82, 2.24) is 14.7 Å². The van der Waals surface area contributed by atoms with E-state index >= 15 is 0 Å². The Morgan fingerprint density at radius 3 is 2.60 bits per heavy atom. The van der Waals surface area contributed by atoms with Gasteiger partial charge in [-0.05, 0) is 68.0 Å². The van der Waals surface area contributed by atoms with Crippen molar-refractivity contribution in [2.45, 2.75) is 12.6 Å². The first-order valence-corrected chi connectivity index (χ1v) is 9.16. The molecular formula is C12H15Br3N4S. The second-order valence-corrected chi connectivity index (χ2v) is 8.76. The molecule has 2 aromatic rings. The summed E-state index contributed by atoms with van der Waals surface area (Å²) in [5.74, 6) is 0. The van der Waals surface area contributed by atoms with Gasteiger partial charge in [0.25, 0.3) is 0 Å². The van der Waals surface area contributed by atoms with Crippen LogP contribution in [-0.4, -0.2) is 35.3 Å². The SMILES string of the molecule is CN(C)CCn1ncc(Br)c1C(N)c1cc(Br)c(Br)s1. The van der Waals surface area contributed by atoms with E-state index in [9.17, 15) is 0 Å². The lowest BCUT2D eigenvalue weighted by atomic mass is 10.2. The first-order valence-electron chi connectivity index (χ1n) is 5.96. The van der Waals surface area contributed by atoms with Gasteiger partial charge in [0.1, 0.15) is 0 Å². The molecule has 20 heavy (non-hydrogen) atoms. The summed E-state index contributed by atoms with van der Waals surface area (Å²) in [6.45, 7) is 1.74. The Bertz CT molecular complexity index is 574. The fourth-order valence-electron chi connectivity index (χ4n) is 1.81. The number of rotatable bonds is 5. The van der Waals surface area contributed by atoms with Gasteiger partial charge in [-0.2, -0.15) is 5.10 Å². The van der Waals surface area contributed by atoms with Crippen LogP contribution in [-0.2, 0) is 6.54 Å². The Morgan fingerprint density at radius 1 is 1.35 bits per heavy atom. The van der Waals surface area contributed by atoms with Crippen molar-refractivity contribution in [3.05, 3.63) is 35.6 Å². The predicted molar refractivity (Wildman–Crippen MR) is 94.2 cm³/mol. The van der Waals surface area contributed by atoms with Crippen LogP contribution in [0.4, 0.5) is 0 Å². The molecule has 2 heterocycles. The largest absolute Gasteiger partial charge is 0.318 e. The maximum absolute atomic E-state index is 6.42. The van der Waals surface area contributed by atoms with Crippen LogP contribution in [0.2, 0.25) is 0 Å². The number of likely N-dealkylation sites (N-methyl/N-ethyl adjacent to an activating group) is 1. The summed E-state index contributed by atoms with van der Waals surface area (Å²) in [6.07, 6.45) is 1.81. The number of hydrogen-bond acceptors (Lipinski definition) is 4. The van der Waals surface area contributed by atoms with Crippen LogP contribution in [0.15, 0.2) is 25.0 Å². The molecule has 2 rings (SSSR count). The van der Waals surface area contributed by atoms with Crippen LogP contribution in [0.5, 0.6) is 0 Å². The number of halogens is 3. The van der Waals surface area contributed by atoms with Crippen LogP contribution in [0.3, 0.4) is 0 Å². The monoisotopic (exact) mass is 484 g/mol. The van der Waals surface area contributed by atoms with Gasteiger partial charge >= 0.3 is 0 Å². The molecule has 0 radical (unpaired) electrons. The van der Waals surface area contributed by atoms with Gasteiger partial charge in [-0.15, -0.1) is 11.3 Å². The summed E-state index contributed by atoms with van der Waals surface area (Å²) in [5, 5.41) is 4.41. The van der Waals surface area contributed by atoms with Crippen molar-refractivity contribution < 1.29 is 0 Å². The highest BCUT2D eigenvalue weighted by Gasteiger charge is 2.21. The third kappa shape index (κ3) is 3.72. The van der Waals surface area contributed by atoms with E-state index in [0.29, 0.717) is 0 Å². The van der Waals surface area contributed by atoms with Gasteiger partial charge in [-0.3, -0.25) is 4.68 Å². The molecule has 0 aliphatic carbocycles. The molecule has 110 valence electrons. The Balaban J connectivity index is 2.29. The molecule has 0 aliphatic heterocycles. The van der Waals surface area contributed by atoms with Gasteiger partial charge in [-0.1, -0.05) is 0 Å². The smallest absolute Gasteiger partial charge is 0.0843 e. The Labute approximate surface area is 147 Å². The van der Waals surface area contributed by atoms with E-state index in [0.717, 1.165) is 36.4 Å². The quantitative estimate of drug-likeness (QED) is 0.698. The van der Waals surface area contributed by atoms with Crippen molar-refractivity contribution in [2.24, 2.45) is 5.73 Å². The standard InChI is InChI=1S/C12H15Br3N4S/c1-18(2)3-4-19-11(8(14)6-17-19)10(16)9-5-7(13)12(15)20-9/h5-6,10H,3-4,16H2,1-2H3. The number of hydrogen-bond donors (Lipinski definition) is 1. The molecular weight excluding hydrogens is 472 g/mol. The summed E-state index contributed by atoms with van der Waals surface area (Å²) in [7, 11) is 4.09. The fourth-order valence-corrected chi connectivity index (χ4v) is 4.44. The Kier molecular flexibility index (Phi) is 5.84. The van der Waals surface area contributed by atoms with Crippen LogP contribution in [0.25, 0.3) is 0 Å². The molecule has 2 N–H and O–H groups in total. The number of aromatic nitrogens is 2. The van der Waals surface area contributed by atoms with E-state index in [-0.39, 0.29) is 6.04 Å². The molecule has 0 spiro atoms. The van der Waals surface area contributed by atoms with E-state index in [2.05, 4.69) is 63.9 Å². The number of thiophene rings is 1. The molecule has 0 bridgehead atoms. The molecule has 0 saturated heterocycles. The highest BCUT2D eigenvalue weighted by Crippen LogP contribution is 2.38. The molecule has 0 aliphatic rings. The zero-order valence-corrected chi connectivity index (χ0v) is 16.7. The van der Waals surface area contributed by atoms with E-state index in [1.165, 1.54) is 0 Å². The molecule has 0 saturated carbocycles. The normalized spacial score (nSPS) is 13.2. The van der Waals surface area contributed by atoms with Gasteiger partial charge < -0.3 is 10.6 Å². The highest BCUT2D eigenvalue weighted by atomic mass is 79.9. The minimum Gasteiger partial charge on any atom is -0.318 e. The van der Waals surface area contributed by atoms with Crippen molar-refractivity contribution in [1.29, 1.82) is 0 Å². The average Bonchev–Trinajstić information content (AvgIpc) is 2.90. The Hall–Kier alpha value is 0.270. The zero-order chi connectivity index (χ0) is 14.9. The van der Waals surface area contributed by atoms with Crippen LogP contribution in [0, 0.1) is 0 Å². The van der Waals surface area contributed by atoms with Crippen molar-refractivity contribution in [2.75, 3.05) is 20.6 Å². The zero-order valence-electron chi connectivity index (χ0n) is 11.1. The van der Waals surface area contributed by atoms with Crippen molar-refractivity contribution >= 4 is 59.1 Å². The number of nitrogens with two attached hydrogens (primary N) is 1. The Morgan fingerprint density at radius 2 is 2.05 bits per heavy atom. The van der Waals surface area contributed by atoms with E-state index in [4.69, 9.17) is 5.73 Å². The lowest BCUT2D eigenvalue weighted by Crippen LogP contribution is -2.23. The summed E-state index contributed by atoms with van der Waals surface area (Å²) in [4.78, 5) is 3.22. The second kappa shape index (κ2) is 7.02. The van der Waals surface area contributed by atoms with Gasteiger partial charge in [0, 0.05) is 15.9 Å². The van der Waals surface area contributed by atoms with E-state index in [1.807, 2.05) is 25.0 Å². The predicted octanol–water partition coefficient (Wildman–Crippen LogP) is 3.84. The molecule has 0 fully saturated rings. The van der Waals surface area contributed by atoms with Gasteiger partial charge in [-0.25, -0.2) is 0 Å². The fraction of sp³-hybridized carbons (Fsp3) is 0.417. The topological polar surface area (TPSA) is 47.1 Å². The number of nitrogens with zero attached hydrogens (tertiary/aromatic N) is 3. The van der Waals surface area contributed by atoms with Crippen molar-refractivity contribution in [3.63, 3.8) is 0 Å². The van der Waals surface area contributed by atoms with Crippen molar-refractivity contribution in [3.8, 4) is 0 Å². The van der Waals surface area contributed by atoms with Crippen LogP contribution in [0.1, 0.15) is 16.6 Å². The van der Waals surface area contributed by atoms with Gasteiger partial charge in [0.2, 0.25) is 0 Å². The first kappa shape index (κ1) is 16.6. The van der Waals surface area contributed by atoms with Crippen LogP contribution >= 0.6 is 59.1 Å². The molecule has 1 atom stereocenters. The average molecular weight is 487 g/mol. The summed E-state index contributed by atoms with van der Waals surface area (Å²) >= 11 is 12.2. The molecule has 0 amide bonds. The summed E-state index contributed by atoms with van der Waals surface area (Å²) in [5.41, 5.74) is 7.42. The minimum atomic E-state index is -0.193. The third-order valence-electron chi connectivity index (χ3n) is 2.86. The maximum Gasteiger partial charge on any atom is 0.0843 e. The molecule has 1 unspecified atom stereocenters. The minimum absolute atomic E-state index is 0.193. The maximum atomic E-state index is 6.42. The van der Waals surface area contributed by atoms with E-state index in [1.54, 1.807) is 11.3 Å². The van der Waals surface area contributed by atoms with Crippen LogP contribution < -0.4 is 5.73 Å².